The van der Waals surface area contributed by atoms with Gasteiger partial charge in [-0.1, -0.05) is 172 Å². The van der Waals surface area contributed by atoms with Crippen molar-refractivity contribution in [3.63, 3.8) is 0 Å². The predicted molar refractivity (Wildman–Crippen MR) is 254 cm³/mol. The van der Waals surface area contributed by atoms with Crippen LogP contribution in [0.25, 0.3) is 0 Å². The van der Waals surface area contributed by atoms with Gasteiger partial charge in [0.25, 0.3) is 0 Å². The number of aliphatic hydroxyl groups is 4. The highest BCUT2D eigenvalue weighted by molar-refractivity contribution is 6.74. The van der Waals surface area contributed by atoms with Crippen molar-refractivity contribution in [1.29, 1.82) is 0 Å². The van der Waals surface area contributed by atoms with Gasteiger partial charge in [0.1, 0.15) is 48.8 Å². The highest BCUT2D eigenvalue weighted by Gasteiger charge is 2.42. The monoisotopic (exact) mass is 910 g/mol. The summed E-state index contributed by atoms with van der Waals surface area (Å²) in [5.41, 5.74) is 4.43. The molecule has 12 heteroatoms. The average molecular weight is 911 g/mol. The van der Waals surface area contributed by atoms with E-state index in [2.05, 4.69) is 33.9 Å². The van der Waals surface area contributed by atoms with Crippen molar-refractivity contribution in [3.8, 4) is 0 Å². The SMILES string of the molecule is CC(C)(C)[Si](C)(C)OC[C@@H](O)[C@@H](OCc1ccccc1)[C@H](OCc1ccccc1)[C@@H](COC[C@@H](OCc1ccccc1)[C@@H](O)[C@H](O)[C@@H](CO)OCc1ccccc1)OCc1ccccc1. The van der Waals surface area contributed by atoms with Crippen molar-refractivity contribution in [2.75, 3.05) is 26.4 Å². The molecule has 11 nitrogen and oxygen atoms in total. The second kappa shape index (κ2) is 26.9. The van der Waals surface area contributed by atoms with Crippen LogP contribution in [0.1, 0.15) is 48.6 Å². The molecule has 0 fully saturated rings. The molecule has 4 N–H and O–H groups in total. The molecule has 5 rings (SSSR count). The molecule has 0 aromatic heterocycles. The van der Waals surface area contributed by atoms with Gasteiger partial charge in [-0.05, 0) is 45.9 Å². The second-order valence-corrected chi connectivity index (χ2v) is 22.7. The van der Waals surface area contributed by atoms with Crippen molar-refractivity contribution < 1.29 is 53.3 Å². The number of aliphatic hydroxyl groups excluding tert-OH is 4. The first-order valence-corrected chi connectivity index (χ1v) is 25.4. The van der Waals surface area contributed by atoms with Gasteiger partial charge in [0.2, 0.25) is 0 Å². The quantitative estimate of drug-likeness (QED) is 0.0346. The first-order chi connectivity index (χ1) is 31.3. The van der Waals surface area contributed by atoms with E-state index in [1.165, 1.54) is 0 Å². The molecule has 8 atom stereocenters. The molecule has 0 saturated carbocycles. The Morgan fingerprint density at radius 1 is 0.431 bits per heavy atom. The smallest absolute Gasteiger partial charge is 0.192 e. The molecule has 0 saturated heterocycles. The molecule has 0 aliphatic carbocycles. The topological polar surface area (TPSA) is 146 Å². The Morgan fingerprint density at radius 3 is 1.14 bits per heavy atom. The summed E-state index contributed by atoms with van der Waals surface area (Å²) < 4.78 is 45.5. The Hall–Kier alpha value is -4.12. The molecule has 0 heterocycles. The van der Waals surface area contributed by atoms with Crippen molar-refractivity contribution in [3.05, 3.63) is 179 Å². The van der Waals surface area contributed by atoms with Crippen LogP contribution in [0.15, 0.2) is 152 Å². The summed E-state index contributed by atoms with van der Waals surface area (Å²) in [6.45, 7) is 10.7. The summed E-state index contributed by atoms with van der Waals surface area (Å²) in [7, 11) is -2.31. The summed E-state index contributed by atoms with van der Waals surface area (Å²) in [6, 6.07) is 48.1. The van der Waals surface area contributed by atoms with Crippen LogP contribution in [0.2, 0.25) is 18.1 Å². The maximum atomic E-state index is 12.2. The maximum absolute atomic E-state index is 12.2. The highest BCUT2D eigenvalue weighted by atomic mass is 28.4. The third-order valence-corrected chi connectivity index (χ3v) is 16.3. The molecule has 0 radical (unpaired) electrons. The van der Waals surface area contributed by atoms with E-state index in [1.807, 2.05) is 152 Å². The van der Waals surface area contributed by atoms with E-state index in [9.17, 15) is 20.4 Å². The first-order valence-electron chi connectivity index (χ1n) is 22.5. The Labute approximate surface area is 387 Å². The average Bonchev–Trinajstić information content (AvgIpc) is 3.32. The summed E-state index contributed by atoms with van der Waals surface area (Å²) in [5.74, 6) is 0. The lowest BCUT2D eigenvalue weighted by Crippen LogP contribution is -2.53. The van der Waals surface area contributed by atoms with Crippen LogP contribution < -0.4 is 0 Å². The van der Waals surface area contributed by atoms with Crippen LogP contribution in [0.3, 0.4) is 0 Å². The van der Waals surface area contributed by atoms with Gasteiger partial charge < -0.3 is 53.3 Å². The van der Waals surface area contributed by atoms with Crippen LogP contribution in [-0.4, -0.2) is 104 Å². The van der Waals surface area contributed by atoms with Crippen molar-refractivity contribution >= 4 is 8.32 Å². The summed E-state index contributed by atoms with van der Waals surface area (Å²) >= 11 is 0. The number of benzene rings is 5. The predicted octanol–water partition coefficient (Wildman–Crippen LogP) is 8.03. The molecule has 0 aliphatic rings. The van der Waals surface area contributed by atoms with E-state index in [0.717, 1.165) is 27.8 Å². The molecule has 5 aromatic carbocycles. The first kappa shape index (κ1) is 51.9. The minimum absolute atomic E-state index is 0.00521. The van der Waals surface area contributed by atoms with Gasteiger partial charge in [-0.15, -0.1) is 0 Å². The van der Waals surface area contributed by atoms with Crippen molar-refractivity contribution in [1.82, 2.24) is 0 Å². The van der Waals surface area contributed by atoms with Crippen LogP contribution in [0.5, 0.6) is 0 Å². The molecule has 0 aliphatic heterocycles. The van der Waals surface area contributed by atoms with Gasteiger partial charge in [-0.25, -0.2) is 0 Å². The zero-order valence-corrected chi connectivity index (χ0v) is 39.6. The van der Waals surface area contributed by atoms with Gasteiger partial charge in [0.05, 0.1) is 59.5 Å². The van der Waals surface area contributed by atoms with E-state index < -0.39 is 63.8 Å². The van der Waals surface area contributed by atoms with Crippen molar-refractivity contribution in [2.45, 2.75) is 121 Å². The molecule has 352 valence electrons. The Bertz CT molecular complexity index is 1990. The standard InChI is InChI=1S/C53H70O11Si/c1-53(2,3)65(4,5)64-37-45(55)51(62-35-43-27-17-9-18-28-43)52(63-36-44-29-19-10-20-30-44)48(61-34-42-25-15-8-16-26-42)39-58-38-47(60-33-41-23-13-7-14-24-41)50(57)49(56)46(31-54)59-32-40-21-11-6-12-22-40/h6-30,45-52,54-57H,31-39H2,1-5H3/t45-,46-,47-,48-,49-,50-,51-,52-/m1/s1. The zero-order chi connectivity index (χ0) is 46.5. The fraction of sp³-hybridized carbons (Fsp3) is 0.434. The number of hydrogen-bond donors (Lipinski definition) is 4. The third kappa shape index (κ3) is 17.2. The Balaban J connectivity index is 1.45. The second-order valence-electron chi connectivity index (χ2n) is 17.9. The minimum Gasteiger partial charge on any atom is -0.414 e. The van der Waals surface area contributed by atoms with E-state index in [4.69, 9.17) is 32.8 Å². The number of ether oxygens (including phenoxy) is 6. The van der Waals surface area contributed by atoms with Gasteiger partial charge in [0.15, 0.2) is 8.32 Å². The summed E-state index contributed by atoms with van der Waals surface area (Å²) in [5, 5.41) is 45.7. The summed E-state index contributed by atoms with van der Waals surface area (Å²) in [4.78, 5) is 0. The van der Waals surface area contributed by atoms with Crippen LogP contribution in [-0.2, 0) is 65.9 Å². The van der Waals surface area contributed by atoms with Crippen molar-refractivity contribution in [2.24, 2.45) is 0 Å². The van der Waals surface area contributed by atoms with Gasteiger partial charge in [-0.3, -0.25) is 0 Å². The fourth-order valence-electron chi connectivity index (χ4n) is 6.79. The lowest BCUT2D eigenvalue weighted by atomic mass is 10.0. The molecule has 5 aromatic rings. The van der Waals surface area contributed by atoms with E-state index in [1.54, 1.807) is 0 Å². The summed E-state index contributed by atoms with van der Waals surface area (Å²) in [6.07, 6.45) is -9.12. The lowest BCUT2D eigenvalue weighted by Gasteiger charge is -2.39. The van der Waals surface area contributed by atoms with Gasteiger partial charge in [-0.2, -0.15) is 0 Å². The van der Waals surface area contributed by atoms with Crippen LogP contribution in [0.4, 0.5) is 0 Å². The largest absolute Gasteiger partial charge is 0.414 e. The molecule has 0 bridgehead atoms. The van der Waals surface area contributed by atoms with E-state index in [-0.39, 0.29) is 57.9 Å². The highest BCUT2D eigenvalue weighted by Crippen LogP contribution is 2.37. The molecule has 0 unspecified atom stereocenters. The molecule has 0 spiro atoms. The normalized spacial score (nSPS) is 16.0. The molecular formula is C53H70O11Si. The Kier molecular flexibility index (Phi) is 21.4. The van der Waals surface area contributed by atoms with Gasteiger partial charge in [0, 0.05) is 0 Å². The maximum Gasteiger partial charge on any atom is 0.192 e. The van der Waals surface area contributed by atoms with Crippen LogP contribution in [0, 0.1) is 0 Å². The number of hydrogen-bond acceptors (Lipinski definition) is 11. The van der Waals surface area contributed by atoms with E-state index >= 15 is 0 Å². The van der Waals surface area contributed by atoms with E-state index in [0.29, 0.717) is 0 Å². The number of rotatable bonds is 29. The minimum atomic E-state index is -2.31. The van der Waals surface area contributed by atoms with Gasteiger partial charge >= 0.3 is 0 Å². The molecule has 65 heavy (non-hydrogen) atoms. The molecular weight excluding hydrogens is 841 g/mol. The fourth-order valence-corrected chi connectivity index (χ4v) is 7.81. The third-order valence-electron chi connectivity index (χ3n) is 11.8. The lowest BCUT2D eigenvalue weighted by molar-refractivity contribution is -0.200. The zero-order valence-electron chi connectivity index (χ0n) is 38.6. The Morgan fingerprint density at radius 2 is 0.754 bits per heavy atom. The molecule has 0 amide bonds. The van der Waals surface area contributed by atoms with Crippen LogP contribution >= 0.6 is 0 Å².